The van der Waals surface area contributed by atoms with Gasteiger partial charge >= 0.3 is 5.97 Å². The first-order valence-electron chi connectivity index (χ1n) is 8.16. The Morgan fingerprint density at radius 3 is 2.35 bits per heavy atom. The molecule has 1 aliphatic rings. The quantitative estimate of drug-likeness (QED) is 0.603. The summed E-state index contributed by atoms with van der Waals surface area (Å²) in [5, 5.41) is 0. The minimum atomic E-state index is -0.410. The van der Waals surface area contributed by atoms with Gasteiger partial charge < -0.3 is 14.4 Å². The summed E-state index contributed by atoms with van der Waals surface area (Å²) in [6, 6.07) is 8.03. The van der Waals surface area contributed by atoms with Crippen LogP contribution in [-0.2, 0) is 9.53 Å². The van der Waals surface area contributed by atoms with E-state index in [1.54, 1.807) is 0 Å². The lowest BCUT2D eigenvalue weighted by molar-refractivity contribution is -0.160. The third-order valence-corrected chi connectivity index (χ3v) is 3.94. The minimum absolute atomic E-state index is 0.0109. The van der Waals surface area contributed by atoms with E-state index in [1.807, 2.05) is 32.9 Å². The van der Waals surface area contributed by atoms with Crippen LogP contribution in [0.1, 0.15) is 33.6 Å². The summed E-state index contributed by atoms with van der Waals surface area (Å²) in [7, 11) is 0. The van der Waals surface area contributed by atoms with Crippen LogP contribution >= 0.6 is 11.6 Å². The molecule has 1 heterocycles. The molecule has 1 aromatic rings. The van der Waals surface area contributed by atoms with Gasteiger partial charge in [-0.2, -0.15) is 0 Å². The molecule has 0 bridgehead atoms. The van der Waals surface area contributed by atoms with Crippen LogP contribution in [0.3, 0.4) is 0 Å². The van der Waals surface area contributed by atoms with Crippen LogP contribution in [-0.4, -0.2) is 37.1 Å². The molecule has 4 nitrogen and oxygen atoms in total. The monoisotopic (exact) mass is 339 g/mol. The molecule has 0 amide bonds. The lowest BCUT2D eigenvalue weighted by Gasteiger charge is -2.34. The summed E-state index contributed by atoms with van der Waals surface area (Å²) in [5.74, 6) is 1.26. The van der Waals surface area contributed by atoms with Crippen molar-refractivity contribution in [2.75, 3.05) is 30.5 Å². The normalized spacial score (nSPS) is 16.3. The molecule has 0 aliphatic carbocycles. The van der Waals surface area contributed by atoms with E-state index in [9.17, 15) is 4.79 Å². The van der Waals surface area contributed by atoms with Crippen LogP contribution in [0, 0.1) is 5.92 Å². The number of halogens is 1. The van der Waals surface area contributed by atoms with Gasteiger partial charge in [-0.3, -0.25) is 4.79 Å². The minimum Gasteiger partial charge on any atom is -0.492 e. The van der Waals surface area contributed by atoms with Crippen molar-refractivity contribution in [3.63, 3.8) is 0 Å². The zero-order chi connectivity index (χ0) is 16.9. The average molecular weight is 340 g/mol. The molecule has 23 heavy (non-hydrogen) atoms. The molecule has 5 heteroatoms. The number of benzene rings is 1. The van der Waals surface area contributed by atoms with E-state index in [4.69, 9.17) is 21.1 Å². The molecule has 1 aliphatic heterocycles. The zero-order valence-corrected chi connectivity index (χ0v) is 14.9. The number of carbonyl (C=O) groups is 1. The summed E-state index contributed by atoms with van der Waals surface area (Å²) in [6.45, 7) is 7.98. The second-order valence-electron chi connectivity index (χ2n) is 6.83. The molecule has 0 N–H and O–H groups in total. The number of hydrogen-bond acceptors (Lipinski definition) is 4. The summed E-state index contributed by atoms with van der Waals surface area (Å²) >= 11 is 5.61. The maximum atomic E-state index is 12.1. The molecule has 0 aromatic heterocycles. The van der Waals surface area contributed by atoms with Crippen LogP contribution in [0.2, 0.25) is 0 Å². The highest BCUT2D eigenvalue weighted by Crippen LogP contribution is 2.26. The van der Waals surface area contributed by atoms with Crippen molar-refractivity contribution in [2.24, 2.45) is 5.92 Å². The highest BCUT2D eigenvalue weighted by atomic mass is 35.5. The Morgan fingerprint density at radius 1 is 1.22 bits per heavy atom. The highest BCUT2D eigenvalue weighted by Gasteiger charge is 2.29. The van der Waals surface area contributed by atoms with E-state index < -0.39 is 5.60 Å². The Bertz CT molecular complexity index is 502. The summed E-state index contributed by atoms with van der Waals surface area (Å²) < 4.78 is 11.0. The Balaban J connectivity index is 1.85. The van der Waals surface area contributed by atoms with Crippen molar-refractivity contribution >= 4 is 23.3 Å². The van der Waals surface area contributed by atoms with Crippen molar-refractivity contribution < 1.29 is 14.3 Å². The maximum absolute atomic E-state index is 12.1. The van der Waals surface area contributed by atoms with E-state index in [-0.39, 0.29) is 11.9 Å². The van der Waals surface area contributed by atoms with Crippen molar-refractivity contribution in [1.29, 1.82) is 0 Å². The number of esters is 1. The summed E-state index contributed by atoms with van der Waals surface area (Å²) in [6.07, 6.45) is 1.67. The fourth-order valence-corrected chi connectivity index (χ4v) is 2.75. The fourth-order valence-electron chi connectivity index (χ4n) is 2.67. The van der Waals surface area contributed by atoms with Crippen LogP contribution in [0.25, 0.3) is 0 Å². The van der Waals surface area contributed by atoms with Crippen LogP contribution in [0.15, 0.2) is 24.3 Å². The maximum Gasteiger partial charge on any atom is 0.309 e. The topological polar surface area (TPSA) is 38.8 Å². The lowest BCUT2D eigenvalue weighted by Crippen LogP contribution is -2.38. The molecule has 0 spiro atoms. The standard InChI is InChI=1S/C18H26ClNO3/c1-18(2,3)23-17(21)14-8-11-20(12-9-14)15-4-6-16(7-5-15)22-13-10-19/h4-7,14H,8-13H2,1-3H3. The molecule has 1 saturated heterocycles. The third-order valence-electron chi connectivity index (χ3n) is 3.78. The van der Waals surface area contributed by atoms with Gasteiger partial charge in [0.2, 0.25) is 0 Å². The number of alkyl halides is 1. The van der Waals surface area contributed by atoms with Crippen molar-refractivity contribution in [1.82, 2.24) is 0 Å². The van der Waals surface area contributed by atoms with Gasteiger partial charge in [0.1, 0.15) is 18.0 Å². The summed E-state index contributed by atoms with van der Waals surface area (Å²) in [5.41, 5.74) is 0.749. The van der Waals surface area contributed by atoms with Gasteiger partial charge in [-0.1, -0.05) is 0 Å². The van der Waals surface area contributed by atoms with Crippen LogP contribution in [0.4, 0.5) is 5.69 Å². The molecule has 1 fully saturated rings. The SMILES string of the molecule is CC(C)(C)OC(=O)C1CCN(c2ccc(OCCCl)cc2)CC1. The van der Waals surface area contributed by atoms with Gasteiger partial charge in [-0.25, -0.2) is 0 Å². The average Bonchev–Trinajstić information content (AvgIpc) is 2.52. The first kappa shape index (κ1) is 17.9. The second kappa shape index (κ2) is 7.91. The number of ether oxygens (including phenoxy) is 2. The number of carbonyl (C=O) groups excluding carboxylic acids is 1. The third kappa shape index (κ3) is 5.61. The largest absolute Gasteiger partial charge is 0.492 e. The van der Waals surface area contributed by atoms with Gasteiger partial charge in [0, 0.05) is 18.8 Å². The first-order chi connectivity index (χ1) is 10.9. The van der Waals surface area contributed by atoms with Crippen molar-refractivity contribution in [2.45, 2.75) is 39.2 Å². The molecule has 1 aromatic carbocycles. The van der Waals surface area contributed by atoms with Gasteiger partial charge in [-0.05, 0) is 57.9 Å². The molecule has 0 radical (unpaired) electrons. The van der Waals surface area contributed by atoms with E-state index in [2.05, 4.69) is 17.0 Å². The van der Waals surface area contributed by atoms with E-state index >= 15 is 0 Å². The van der Waals surface area contributed by atoms with Gasteiger partial charge in [0.25, 0.3) is 0 Å². The van der Waals surface area contributed by atoms with Crippen molar-refractivity contribution in [3.05, 3.63) is 24.3 Å². The molecular formula is C18H26ClNO3. The Labute approximate surface area is 143 Å². The summed E-state index contributed by atoms with van der Waals surface area (Å²) in [4.78, 5) is 14.4. The van der Waals surface area contributed by atoms with Crippen LogP contribution in [0.5, 0.6) is 5.75 Å². The molecular weight excluding hydrogens is 314 g/mol. The predicted octanol–water partition coefficient (Wildman–Crippen LogP) is 3.86. The Morgan fingerprint density at radius 2 is 1.83 bits per heavy atom. The Hall–Kier alpha value is -1.42. The van der Waals surface area contributed by atoms with Crippen LogP contribution < -0.4 is 9.64 Å². The highest BCUT2D eigenvalue weighted by molar-refractivity contribution is 6.18. The van der Waals surface area contributed by atoms with Gasteiger partial charge in [0.15, 0.2) is 0 Å². The number of anilines is 1. The first-order valence-corrected chi connectivity index (χ1v) is 8.69. The zero-order valence-electron chi connectivity index (χ0n) is 14.2. The fraction of sp³-hybridized carbons (Fsp3) is 0.611. The lowest BCUT2D eigenvalue weighted by atomic mass is 9.96. The number of piperidine rings is 1. The van der Waals surface area contributed by atoms with E-state index in [1.165, 1.54) is 0 Å². The molecule has 128 valence electrons. The molecule has 0 unspecified atom stereocenters. The smallest absolute Gasteiger partial charge is 0.309 e. The molecule has 0 saturated carbocycles. The van der Waals surface area contributed by atoms with E-state index in [0.717, 1.165) is 37.4 Å². The second-order valence-corrected chi connectivity index (χ2v) is 7.20. The number of nitrogens with zero attached hydrogens (tertiary/aromatic N) is 1. The van der Waals surface area contributed by atoms with Gasteiger partial charge in [0.05, 0.1) is 11.8 Å². The van der Waals surface area contributed by atoms with Crippen molar-refractivity contribution in [3.8, 4) is 5.75 Å². The number of rotatable bonds is 5. The predicted molar refractivity (Wildman–Crippen MR) is 93.4 cm³/mol. The number of hydrogen-bond donors (Lipinski definition) is 0. The van der Waals surface area contributed by atoms with Gasteiger partial charge in [-0.15, -0.1) is 11.6 Å². The van der Waals surface area contributed by atoms with E-state index in [0.29, 0.717) is 12.5 Å². The molecule has 0 atom stereocenters. The Kier molecular flexibility index (Phi) is 6.17. The molecule has 2 rings (SSSR count).